The average molecular weight is 337 g/mol. The van der Waals surface area contributed by atoms with E-state index < -0.39 is 8.32 Å². The van der Waals surface area contributed by atoms with Crippen LogP contribution in [0.1, 0.15) is 40.3 Å². The number of morpholine rings is 1. The first kappa shape index (κ1) is 18.4. The number of ether oxygens (including phenoxy) is 1. The maximum atomic E-state index is 6.30. The van der Waals surface area contributed by atoms with Crippen LogP contribution in [0.4, 0.5) is 5.82 Å². The summed E-state index contributed by atoms with van der Waals surface area (Å²) in [7, 11) is -1.74. The van der Waals surface area contributed by atoms with Crippen molar-refractivity contribution in [2.75, 3.05) is 18.0 Å². The van der Waals surface area contributed by atoms with E-state index in [-0.39, 0.29) is 17.2 Å². The Kier molecular flexibility index (Phi) is 5.54. The molecule has 2 rings (SSSR count). The van der Waals surface area contributed by atoms with E-state index in [1.165, 1.54) is 0 Å². The number of hydrogen-bond donors (Lipinski definition) is 0. The standard InChI is InChI=1S/C18H32N2O2Si/c1-14-11-20(12-15(2)22-14)17-10-8-9-16(19-17)13-21-23(6,7)18(3,4)5/h8-10,14-15H,11-13H2,1-7H3. The molecule has 4 nitrogen and oxygen atoms in total. The van der Waals surface area contributed by atoms with E-state index in [2.05, 4.69) is 70.8 Å². The molecule has 0 aromatic carbocycles. The molecule has 2 atom stereocenters. The fourth-order valence-electron chi connectivity index (χ4n) is 2.56. The van der Waals surface area contributed by atoms with Gasteiger partial charge in [0.1, 0.15) is 5.82 Å². The van der Waals surface area contributed by atoms with Gasteiger partial charge < -0.3 is 14.1 Å². The summed E-state index contributed by atoms with van der Waals surface area (Å²) in [5.74, 6) is 1.03. The van der Waals surface area contributed by atoms with Gasteiger partial charge in [-0.2, -0.15) is 0 Å². The third-order valence-electron chi connectivity index (χ3n) is 4.92. The second-order valence-corrected chi connectivity index (χ2v) is 13.0. The summed E-state index contributed by atoms with van der Waals surface area (Å²) >= 11 is 0. The SMILES string of the molecule is CC1CN(c2cccc(CO[Si](C)(C)C(C)(C)C)n2)CC(C)O1. The third kappa shape index (κ3) is 4.78. The number of anilines is 1. The van der Waals surface area contributed by atoms with E-state index in [1.807, 2.05) is 0 Å². The van der Waals surface area contributed by atoms with Crippen molar-refractivity contribution in [2.24, 2.45) is 0 Å². The number of aromatic nitrogens is 1. The molecule has 1 aliphatic rings. The van der Waals surface area contributed by atoms with Crippen LogP contribution in [0.2, 0.25) is 18.1 Å². The first-order valence-electron chi connectivity index (χ1n) is 8.59. The molecule has 130 valence electrons. The molecule has 2 heterocycles. The molecule has 1 aromatic rings. The lowest BCUT2D eigenvalue weighted by atomic mass is 10.2. The molecule has 0 amide bonds. The third-order valence-corrected chi connectivity index (χ3v) is 9.40. The Balaban J connectivity index is 2.05. The van der Waals surface area contributed by atoms with Crippen molar-refractivity contribution in [1.29, 1.82) is 0 Å². The van der Waals surface area contributed by atoms with Gasteiger partial charge in [0.05, 0.1) is 24.5 Å². The molecule has 0 aliphatic carbocycles. The van der Waals surface area contributed by atoms with Gasteiger partial charge in [0, 0.05) is 13.1 Å². The molecule has 0 radical (unpaired) electrons. The molecular weight excluding hydrogens is 304 g/mol. The molecule has 1 aromatic heterocycles. The van der Waals surface area contributed by atoms with E-state index in [4.69, 9.17) is 14.1 Å². The molecule has 2 unspecified atom stereocenters. The molecule has 0 saturated carbocycles. The van der Waals surface area contributed by atoms with Crippen molar-refractivity contribution < 1.29 is 9.16 Å². The number of rotatable bonds is 4. The first-order valence-corrected chi connectivity index (χ1v) is 11.5. The van der Waals surface area contributed by atoms with Crippen LogP contribution in [-0.4, -0.2) is 38.6 Å². The van der Waals surface area contributed by atoms with Crippen LogP contribution in [-0.2, 0) is 15.8 Å². The molecule has 1 fully saturated rings. The van der Waals surface area contributed by atoms with Crippen LogP contribution >= 0.6 is 0 Å². The Morgan fingerprint density at radius 3 is 2.39 bits per heavy atom. The van der Waals surface area contributed by atoms with Crippen LogP contribution in [0.3, 0.4) is 0 Å². The molecule has 5 heteroatoms. The zero-order chi connectivity index (χ0) is 17.3. The Morgan fingerprint density at radius 1 is 1.22 bits per heavy atom. The Labute approximate surface area is 142 Å². The van der Waals surface area contributed by atoms with E-state index >= 15 is 0 Å². The van der Waals surface area contributed by atoms with Gasteiger partial charge in [-0.05, 0) is 44.1 Å². The normalized spacial score (nSPS) is 23.2. The molecule has 23 heavy (non-hydrogen) atoms. The van der Waals surface area contributed by atoms with E-state index in [0.29, 0.717) is 6.61 Å². The summed E-state index contributed by atoms with van der Waals surface area (Å²) < 4.78 is 12.1. The minimum atomic E-state index is -1.74. The molecule has 0 bridgehead atoms. The summed E-state index contributed by atoms with van der Waals surface area (Å²) in [6.07, 6.45) is 0.486. The zero-order valence-electron chi connectivity index (χ0n) is 15.7. The van der Waals surface area contributed by atoms with Gasteiger partial charge in [-0.25, -0.2) is 4.98 Å². The highest BCUT2D eigenvalue weighted by molar-refractivity contribution is 6.74. The number of hydrogen-bond acceptors (Lipinski definition) is 4. The number of pyridine rings is 1. The minimum absolute atomic E-state index is 0.222. The van der Waals surface area contributed by atoms with Crippen molar-refractivity contribution in [1.82, 2.24) is 4.98 Å². The lowest BCUT2D eigenvalue weighted by Crippen LogP contribution is -2.46. The van der Waals surface area contributed by atoms with Gasteiger partial charge >= 0.3 is 0 Å². The highest BCUT2D eigenvalue weighted by atomic mass is 28.4. The Morgan fingerprint density at radius 2 is 1.83 bits per heavy atom. The predicted octanol–water partition coefficient (Wildman–Crippen LogP) is 4.22. The first-order chi connectivity index (χ1) is 10.6. The van der Waals surface area contributed by atoms with E-state index in [1.54, 1.807) is 0 Å². The highest BCUT2D eigenvalue weighted by Crippen LogP contribution is 2.37. The summed E-state index contributed by atoms with van der Waals surface area (Å²) in [5, 5.41) is 0.222. The predicted molar refractivity (Wildman–Crippen MR) is 98.4 cm³/mol. The van der Waals surface area contributed by atoms with Gasteiger partial charge in [0.25, 0.3) is 0 Å². The van der Waals surface area contributed by atoms with Crippen molar-refractivity contribution in [3.05, 3.63) is 23.9 Å². The molecule has 1 saturated heterocycles. The summed E-state index contributed by atoms with van der Waals surface area (Å²) in [6.45, 7) is 18.0. The van der Waals surface area contributed by atoms with Crippen LogP contribution < -0.4 is 4.90 Å². The quantitative estimate of drug-likeness (QED) is 0.771. The topological polar surface area (TPSA) is 34.6 Å². The van der Waals surface area contributed by atoms with Crippen LogP contribution in [0.5, 0.6) is 0 Å². The summed E-state index contributed by atoms with van der Waals surface area (Å²) in [5.41, 5.74) is 1.01. The van der Waals surface area contributed by atoms with Crippen molar-refractivity contribution in [3.63, 3.8) is 0 Å². The summed E-state index contributed by atoms with van der Waals surface area (Å²) in [6, 6.07) is 6.22. The van der Waals surface area contributed by atoms with Crippen molar-refractivity contribution in [3.8, 4) is 0 Å². The second kappa shape index (κ2) is 6.91. The average Bonchev–Trinajstić information content (AvgIpc) is 2.43. The molecular formula is C18H32N2O2Si. The van der Waals surface area contributed by atoms with Gasteiger partial charge in [-0.1, -0.05) is 26.8 Å². The number of nitrogens with zero attached hydrogens (tertiary/aromatic N) is 2. The fourth-order valence-corrected chi connectivity index (χ4v) is 3.50. The molecule has 0 spiro atoms. The maximum Gasteiger partial charge on any atom is 0.192 e. The molecule has 0 N–H and O–H groups in total. The van der Waals surface area contributed by atoms with Gasteiger partial charge in [-0.15, -0.1) is 0 Å². The fraction of sp³-hybridized carbons (Fsp3) is 0.722. The smallest absolute Gasteiger partial charge is 0.192 e. The highest BCUT2D eigenvalue weighted by Gasteiger charge is 2.37. The lowest BCUT2D eigenvalue weighted by molar-refractivity contribution is -0.00547. The van der Waals surface area contributed by atoms with E-state index in [9.17, 15) is 0 Å². The molecule has 1 aliphatic heterocycles. The van der Waals surface area contributed by atoms with Gasteiger partial charge in [0.15, 0.2) is 8.32 Å². The second-order valence-electron chi connectivity index (χ2n) is 8.20. The summed E-state index contributed by atoms with van der Waals surface area (Å²) in [4.78, 5) is 7.13. The van der Waals surface area contributed by atoms with Crippen LogP contribution in [0.25, 0.3) is 0 Å². The largest absolute Gasteiger partial charge is 0.411 e. The zero-order valence-corrected chi connectivity index (χ0v) is 16.7. The van der Waals surface area contributed by atoms with E-state index in [0.717, 1.165) is 24.6 Å². The van der Waals surface area contributed by atoms with Gasteiger partial charge in [-0.3, -0.25) is 0 Å². The monoisotopic (exact) mass is 336 g/mol. The Hall–Kier alpha value is -0.913. The van der Waals surface area contributed by atoms with Crippen LogP contribution in [0.15, 0.2) is 18.2 Å². The lowest BCUT2D eigenvalue weighted by Gasteiger charge is -2.37. The van der Waals surface area contributed by atoms with Crippen molar-refractivity contribution in [2.45, 2.75) is 71.6 Å². The maximum absolute atomic E-state index is 6.30. The Bertz CT molecular complexity index is 518. The van der Waals surface area contributed by atoms with Crippen molar-refractivity contribution >= 4 is 14.1 Å². The van der Waals surface area contributed by atoms with Crippen LogP contribution in [0, 0.1) is 0 Å². The van der Waals surface area contributed by atoms with Gasteiger partial charge in [0.2, 0.25) is 0 Å². The minimum Gasteiger partial charge on any atom is -0.411 e.